The number of carbonyl (C=O) groups excluding carboxylic acids is 1. The summed E-state index contributed by atoms with van der Waals surface area (Å²) in [6, 6.07) is 2.52. The van der Waals surface area contributed by atoms with Gasteiger partial charge in [-0.1, -0.05) is 32.6 Å². The topological polar surface area (TPSA) is 45.2 Å². The zero-order chi connectivity index (χ0) is 15.8. The number of nitrogens with zero attached hydrogens (tertiary/aromatic N) is 2. The molecule has 2 heterocycles. The fourth-order valence-corrected chi connectivity index (χ4v) is 3.15. The number of rotatable bonds is 8. The van der Waals surface area contributed by atoms with Crippen LogP contribution in [0.2, 0.25) is 0 Å². The zero-order valence-corrected chi connectivity index (χ0v) is 14.0. The van der Waals surface area contributed by atoms with Crippen molar-refractivity contribution in [2.75, 3.05) is 18.9 Å². The quantitative estimate of drug-likeness (QED) is 0.734. The third-order valence-corrected chi connectivity index (χ3v) is 4.46. The van der Waals surface area contributed by atoms with E-state index < -0.39 is 0 Å². The van der Waals surface area contributed by atoms with Gasteiger partial charge in [0.2, 0.25) is 5.91 Å². The average molecular weight is 303 g/mol. The SMILES string of the molecule is CCCCCCCC(=O)Nc1cncc(C2CCCN2C)c1. The molecule has 0 aliphatic carbocycles. The first-order valence-electron chi connectivity index (χ1n) is 8.65. The Morgan fingerprint density at radius 2 is 2.14 bits per heavy atom. The molecule has 1 saturated heterocycles. The maximum Gasteiger partial charge on any atom is 0.224 e. The molecule has 1 aromatic heterocycles. The minimum Gasteiger partial charge on any atom is -0.325 e. The van der Waals surface area contributed by atoms with Gasteiger partial charge in [-0.3, -0.25) is 14.7 Å². The summed E-state index contributed by atoms with van der Waals surface area (Å²) < 4.78 is 0. The minimum atomic E-state index is 0.107. The van der Waals surface area contributed by atoms with Crippen LogP contribution in [0.1, 0.15) is 69.9 Å². The van der Waals surface area contributed by atoms with Gasteiger partial charge in [0.15, 0.2) is 0 Å². The third-order valence-electron chi connectivity index (χ3n) is 4.46. The van der Waals surface area contributed by atoms with E-state index in [1.807, 2.05) is 6.20 Å². The van der Waals surface area contributed by atoms with E-state index in [9.17, 15) is 4.79 Å². The molecule has 0 bridgehead atoms. The molecule has 1 aliphatic rings. The van der Waals surface area contributed by atoms with Crippen molar-refractivity contribution in [1.29, 1.82) is 0 Å². The maximum absolute atomic E-state index is 12.0. The van der Waals surface area contributed by atoms with Gasteiger partial charge in [-0.15, -0.1) is 0 Å². The molecule has 4 heteroatoms. The van der Waals surface area contributed by atoms with Gasteiger partial charge in [0, 0.05) is 18.7 Å². The lowest BCUT2D eigenvalue weighted by Gasteiger charge is -2.20. The van der Waals surface area contributed by atoms with Crippen molar-refractivity contribution < 1.29 is 4.79 Å². The fourth-order valence-electron chi connectivity index (χ4n) is 3.15. The molecule has 0 spiro atoms. The van der Waals surface area contributed by atoms with E-state index in [0.29, 0.717) is 12.5 Å². The highest BCUT2D eigenvalue weighted by Gasteiger charge is 2.22. The first kappa shape index (κ1) is 16.9. The van der Waals surface area contributed by atoms with Crippen LogP contribution in [0.25, 0.3) is 0 Å². The van der Waals surface area contributed by atoms with E-state index in [2.05, 4.69) is 35.2 Å². The van der Waals surface area contributed by atoms with Gasteiger partial charge >= 0.3 is 0 Å². The Hall–Kier alpha value is -1.42. The third kappa shape index (κ3) is 5.09. The molecule has 0 saturated carbocycles. The average Bonchev–Trinajstić information content (AvgIpc) is 2.93. The molecular formula is C18H29N3O. The predicted molar refractivity (Wildman–Crippen MR) is 90.8 cm³/mol. The van der Waals surface area contributed by atoms with Crippen LogP contribution in [-0.2, 0) is 4.79 Å². The van der Waals surface area contributed by atoms with Crippen molar-refractivity contribution in [2.24, 2.45) is 0 Å². The summed E-state index contributed by atoms with van der Waals surface area (Å²) in [6.45, 7) is 3.34. The first-order valence-corrected chi connectivity index (χ1v) is 8.65. The summed E-state index contributed by atoms with van der Waals surface area (Å²) >= 11 is 0. The van der Waals surface area contributed by atoms with E-state index in [1.54, 1.807) is 6.20 Å². The number of carbonyl (C=O) groups is 1. The smallest absolute Gasteiger partial charge is 0.224 e. The second-order valence-corrected chi connectivity index (χ2v) is 6.36. The molecule has 4 nitrogen and oxygen atoms in total. The van der Waals surface area contributed by atoms with Gasteiger partial charge in [-0.2, -0.15) is 0 Å². The van der Waals surface area contributed by atoms with Crippen LogP contribution in [0.4, 0.5) is 5.69 Å². The van der Waals surface area contributed by atoms with Gasteiger partial charge in [0.25, 0.3) is 0 Å². The van der Waals surface area contributed by atoms with E-state index in [1.165, 1.54) is 37.7 Å². The summed E-state index contributed by atoms with van der Waals surface area (Å²) in [5.74, 6) is 0.107. The van der Waals surface area contributed by atoms with Crippen molar-refractivity contribution in [3.63, 3.8) is 0 Å². The van der Waals surface area contributed by atoms with Crippen LogP contribution in [-0.4, -0.2) is 29.4 Å². The molecular weight excluding hydrogens is 274 g/mol. The largest absolute Gasteiger partial charge is 0.325 e. The number of hydrogen-bond donors (Lipinski definition) is 1. The lowest BCUT2D eigenvalue weighted by molar-refractivity contribution is -0.116. The van der Waals surface area contributed by atoms with Crippen LogP contribution in [0, 0.1) is 0 Å². The molecule has 1 aliphatic heterocycles. The van der Waals surface area contributed by atoms with E-state index in [4.69, 9.17) is 0 Å². The Morgan fingerprint density at radius 1 is 1.32 bits per heavy atom. The number of nitrogens with one attached hydrogen (secondary N) is 1. The first-order chi connectivity index (χ1) is 10.7. The summed E-state index contributed by atoms with van der Waals surface area (Å²) in [6.07, 6.45) is 12.5. The minimum absolute atomic E-state index is 0.107. The summed E-state index contributed by atoms with van der Waals surface area (Å²) in [4.78, 5) is 18.6. The Bertz CT molecular complexity index is 475. The Balaban J connectivity index is 1.81. The predicted octanol–water partition coefficient (Wildman–Crippen LogP) is 4.15. The van der Waals surface area contributed by atoms with Gasteiger partial charge < -0.3 is 5.32 Å². The van der Waals surface area contributed by atoms with Crippen LogP contribution in [0.3, 0.4) is 0 Å². The van der Waals surface area contributed by atoms with Gasteiger partial charge in [-0.25, -0.2) is 0 Å². The molecule has 1 unspecified atom stereocenters. The van der Waals surface area contributed by atoms with Crippen LogP contribution < -0.4 is 5.32 Å². The summed E-state index contributed by atoms with van der Waals surface area (Å²) in [5.41, 5.74) is 2.04. The molecule has 22 heavy (non-hydrogen) atoms. The summed E-state index contributed by atoms with van der Waals surface area (Å²) in [5, 5.41) is 2.99. The van der Waals surface area contributed by atoms with Crippen molar-refractivity contribution in [3.05, 3.63) is 24.0 Å². The molecule has 1 aromatic rings. The fraction of sp³-hybridized carbons (Fsp3) is 0.667. The molecule has 1 fully saturated rings. The number of amides is 1. The van der Waals surface area contributed by atoms with E-state index in [-0.39, 0.29) is 5.91 Å². The van der Waals surface area contributed by atoms with Crippen molar-refractivity contribution >= 4 is 11.6 Å². The highest BCUT2D eigenvalue weighted by atomic mass is 16.1. The standard InChI is InChI=1S/C18H29N3O/c1-3-4-5-6-7-10-18(22)20-16-12-15(13-19-14-16)17-9-8-11-21(17)2/h12-14,17H,3-11H2,1-2H3,(H,20,22). The number of aromatic nitrogens is 1. The lowest BCUT2D eigenvalue weighted by Crippen LogP contribution is -2.18. The van der Waals surface area contributed by atoms with Gasteiger partial charge in [0.1, 0.15) is 0 Å². The number of anilines is 1. The normalized spacial score (nSPS) is 18.5. The van der Waals surface area contributed by atoms with E-state index >= 15 is 0 Å². The monoisotopic (exact) mass is 303 g/mol. The Kier molecular flexibility index (Phi) is 6.84. The van der Waals surface area contributed by atoms with E-state index in [0.717, 1.165) is 25.1 Å². The zero-order valence-electron chi connectivity index (χ0n) is 14.0. The highest BCUT2D eigenvalue weighted by Crippen LogP contribution is 2.30. The second kappa shape index (κ2) is 8.89. The molecule has 1 atom stereocenters. The molecule has 0 aromatic carbocycles. The number of pyridine rings is 1. The molecule has 1 amide bonds. The Labute approximate surface area is 134 Å². The van der Waals surface area contributed by atoms with Gasteiger partial charge in [-0.05, 0) is 44.5 Å². The number of unbranched alkanes of at least 4 members (excludes halogenated alkanes) is 4. The molecule has 2 rings (SSSR count). The van der Waals surface area contributed by atoms with Crippen LogP contribution in [0.15, 0.2) is 18.5 Å². The van der Waals surface area contributed by atoms with Gasteiger partial charge in [0.05, 0.1) is 11.9 Å². The number of likely N-dealkylation sites (tertiary alicyclic amines) is 1. The number of hydrogen-bond acceptors (Lipinski definition) is 3. The molecule has 0 radical (unpaired) electrons. The molecule has 122 valence electrons. The molecule has 1 N–H and O–H groups in total. The van der Waals surface area contributed by atoms with Crippen molar-refractivity contribution in [2.45, 2.75) is 64.3 Å². The van der Waals surface area contributed by atoms with Crippen LogP contribution >= 0.6 is 0 Å². The maximum atomic E-state index is 12.0. The lowest BCUT2D eigenvalue weighted by atomic mass is 10.1. The summed E-state index contributed by atoms with van der Waals surface area (Å²) in [7, 11) is 2.15. The second-order valence-electron chi connectivity index (χ2n) is 6.36. The highest BCUT2D eigenvalue weighted by molar-refractivity contribution is 5.90. The van der Waals surface area contributed by atoms with Crippen molar-refractivity contribution in [1.82, 2.24) is 9.88 Å². The van der Waals surface area contributed by atoms with Crippen molar-refractivity contribution in [3.8, 4) is 0 Å². The van der Waals surface area contributed by atoms with Crippen LogP contribution in [0.5, 0.6) is 0 Å². The Morgan fingerprint density at radius 3 is 2.86 bits per heavy atom.